The molecule has 1 rings (SSSR count). The van der Waals surface area contributed by atoms with Crippen molar-refractivity contribution in [3.63, 3.8) is 0 Å². The van der Waals surface area contributed by atoms with E-state index in [1.165, 1.54) is 7.11 Å². The van der Waals surface area contributed by atoms with Gasteiger partial charge in [0.25, 0.3) is 5.91 Å². The fourth-order valence-electron chi connectivity index (χ4n) is 1.62. The highest BCUT2D eigenvalue weighted by Gasteiger charge is 2.11. The third kappa shape index (κ3) is 4.50. The van der Waals surface area contributed by atoms with Crippen LogP contribution in [0.5, 0.6) is 5.75 Å². The molecule has 0 aliphatic carbocycles. The van der Waals surface area contributed by atoms with Crippen LogP contribution in [0.4, 0.5) is 0 Å². The molecule has 1 amide bonds. The molecule has 0 aliphatic rings. The molecule has 0 fully saturated rings. The molecule has 0 saturated carbocycles. The summed E-state index contributed by atoms with van der Waals surface area (Å²) in [6.07, 6.45) is 1.04. The highest BCUT2D eigenvalue weighted by atomic mass is 16.5. The first-order valence-corrected chi connectivity index (χ1v) is 5.97. The number of rotatable bonds is 6. The fourth-order valence-corrected chi connectivity index (χ4v) is 1.62. The van der Waals surface area contributed by atoms with Crippen LogP contribution in [0.1, 0.15) is 28.8 Å². The van der Waals surface area contributed by atoms with Gasteiger partial charge < -0.3 is 21.0 Å². The highest BCUT2D eigenvalue weighted by Crippen LogP contribution is 2.19. The molecule has 0 saturated heterocycles. The number of oxime groups is 1. The molecule has 0 heterocycles. The van der Waals surface area contributed by atoms with Crippen LogP contribution in [0, 0.1) is 6.92 Å². The first-order chi connectivity index (χ1) is 9.08. The number of ether oxygens (including phenoxy) is 1. The van der Waals surface area contributed by atoms with Gasteiger partial charge in [0.2, 0.25) is 0 Å². The second kappa shape index (κ2) is 7.25. The van der Waals surface area contributed by atoms with Gasteiger partial charge in [0.15, 0.2) is 0 Å². The maximum absolute atomic E-state index is 12.0. The Balaban J connectivity index is 2.56. The van der Waals surface area contributed by atoms with Crippen molar-refractivity contribution in [2.45, 2.75) is 19.8 Å². The lowest BCUT2D eigenvalue weighted by Gasteiger charge is -2.10. The van der Waals surface area contributed by atoms with Gasteiger partial charge in [0.1, 0.15) is 11.6 Å². The molecule has 0 radical (unpaired) electrons. The quantitative estimate of drug-likeness (QED) is 0.237. The topological polar surface area (TPSA) is 96.9 Å². The molecule has 0 unspecified atom stereocenters. The van der Waals surface area contributed by atoms with Crippen molar-refractivity contribution in [2.75, 3.05) is 13.7 Å². The lowest BCUT2D eigenvalue weighted by molar-refractivity contribution is 0.0950. The maximum Gasteiger partial charge on any atom is 0.255 e. The minimum absolute atomic E-state index is 0.155. The van der Waals surface area contributed by atoms with E-state index < -0.39 is 0 Å². The number of nitrogens with two attached hydrogens (primary N) is 1. The summed E-state index contributed by atoms with van der Waals surface area (Å²) in [5, 5.41) is 14.0. The summed E-state index contributed by atoms with van der Waals surface area (Å²) in [6, 6.07) is 5.42. The monoisotopic (exact) mass is 265 g/mol. The van der Waals surface area contributed by atoms with Crippen molar-refractivity contribution in [2.24, 2.45) is 10.9 Å². The van der Waals surface area contributed by atoms with E-state index in [0.717, 1.165) is 5.56 Å². The number of amidine groups is 1. The van der Waals surface area contributed by atoms with Crippen molar-refractivity contribution in [1.29, 1.82) is 0 Å². The minimum Gasteiger partial charge on any atom is -0.496 e. The van der Waals surface area contributed by atoms with Gasteiger partial charge in [-0.2, -0.15) is 0 Å². The zero-order valence-corrected chi connectivity index (χ0v) is 11.1. The van der Waals surface area contributed by atoms with Gasteiger partial charge in [-0.05, 0) is 25.5 Å². The van der Waals surface area contributed by atoms with Crippen molar-refractivity contribution in [3.8, 4) is 5.75 Å². The molecule has 19 heavy (non-hydrogen) atoms. The Bertz CT molecular complexity index is 472. The second-order valence-electron chi connectivity index (χ2n) is 4.15. The Morgan fingerprint density at radius 3 is 2.89 bits per heavy atom. The van der Waals surface area contributed by atoms with Crippen molar-refractivity contribution in [1.82, 2.24) is 5.32 Å². The van der Waals surface area contributed by atoms with Crippen LogP contribution in [-0.4, -0.2) is 30.6 Å². The van der Waals surface area contributed by atoms with E-state index in [0.29, 0.717) is 30.7 Å². The van der Waals surface area contributed by atoms with Gasteiger partial charge >= 0.3 is 0 Å². The number of methoxy groups -OCH3 is 1. The van der Waals surface area contributed by atoms with E-state index in [9.17, 15) is 4.79 Å². The van der Waals surface area contributed by atoms with Crippen LogP contribution in [0.3, 0.4) is 0 Å². The molecule has 6 nitrogen and oxygen atoms in total. The number of carbonyl (C=O) groups excluding carboxylic acids is 1. The van der Waals surface area contributed by atoms with E-state index >= 15 is 0 Å². The molecule has 0 spiro atoms. The molecule has 0 aromatic heterocycles. The Kier molecular flexibility index (Phi) is 5.66. The molecule has 0 bridgehead atoms. The number of nitrogens with one attached hydrogen (secondary N) is 1. The van der Waals surface area contributed by atoms with Crippen LogP contribution in [-0.2, 0) is 0 Å². The molecule has 104 valence electrons. The zero-order chi connectivity index (χ0) is 14.3. The van der Waals surface area contributed by atoms with Crippen LogP contribution in [0.15, 0.2) is 23.4 Å². The molecule has 4 N–H and O–H groups in total. The van der Waals surface area contributed by atoms with Gasteiger partial charge in [-0.25, -0.2) is 0 Å². The molecule has 6 heteroatoms. The van der Waals surface area contributed by atoms with Crippen LogP contribution < -0.4 is 15.8 Å². The van der Waals surface area contributed by atoms with E-state index in [1.807, 2.05) is 13.0 Å². The third-order valence-electron chi connectivity index (χ3n) is 2.62. The summed E-state index contributed by atoms with van der Waals surface area (Å²) >= 11 is 0. The Morgan fingerprint density at radius 1 is 1.53 bits per heavy atom. The summed E-state index contributed by atoms with van der Waals surface area (Å²) in [4.78, 5) is 12.0. The molecular formula is C13H19N3O3. The summed E-state index contributed by atoms with van der Waals surface area (Å²) in [7, 11) is 1.53. The Morgan fingerprint density at radius 2 is 2.26 bits per heavy atom. The molecule has 1 aromatic rings. The number of carbonyl (C=O) groups is 1. The number of benzene rings is 1. The van der Waals surface area contributed by atoms with Crippen LogP contribution >= 0.6 is 0 Å². The normalized spacial score (nSPS) is 11.2. The minimum atomic E-state index is -0.194. The van der Waals surface area contributed by atoms with E-state index in [-0.39, 0.29) is 11.7 Å². The fraction of sp³-hybridized carbons (Fsp3) is 0.385. The first-order valence-electron chi connectivity index (χ1n) is 5.97. The lowest BCUT2D eigenvalue weighted by atomic mass is 10.1. The van der Waals surface area contributed by atoms with E-state index in [4.69, 9.17) is 15.7 Å². The molecular weight excluding hydrogens is 246 g/mol. The zero-order valence-electron chi connectivity index (χ0n) is 11.1. The number of nitrogens with zero attached hydrogens (tertiary/aromatic N) is 1. The Hall–Kier alpha value is -2.24. The van der Waals surface area contributed by atoms with Crippen LogP contribution in [0.2, 0.25) is 0 Å². The van der Waals surface area contributed by atoms with E-state index in [2.05, 4.69) is 10.5 Å². The average Bonchev–Trinajstić information content (AvgIpc) is 2.42. The molecule has 0 aliphatic heterocycles. The summed E-state index contributed by atoms with van der Waals surface area (Å²) < 4.78 is 5.15. The standard InChI is InChI=1S/C13H19N3O3/c1-9-5-6-11(19-2)10(8-9)13(17)15-7-3-4-12(14)16-18/h5-6,8,18H,3-4,7H2,1-2H3,(H2,14,16)(H,15,17). The van der Waals surface area contributed by atoms with Gasteiger partial charge in [-0.3, -0.25) is 4.79 Å². The summed E-state index contributed by atoms with van der Waals surface area (Å²) in [5.41, 5.74) is 6.83. The smallest absolute Gasteiger partial charge is 0.255 e. The Labute approximate surface area is 112 Å². The lowest BCUT2D eigenvalue weighted by Crippen LogP contribution is -2.26. The SMILES string of the molecule is COc1ccc(C)cc1C(=O)NCCCC(N)=NO. The maximum atomic E-state index is 12.0. The van der Waals surface area contributed by atoms with Crippen molar-refractivity contribution < 1.29 is 14.7 Å². The summed E-state index contributed by atoms with van der Waals surface area (Å²) in [6.45, 7) is 2.36. The average molecular weight is 265 g/mol. The van der Waals surface area contributed by atoms with Gasteiger partial charge in [0.05, 0.1) is 12.7 Å². The van der Waals surface area contributed by atoms with Gasteiger partial charge in [-0.1, -0.05) is 16.8 Å². The number of hydrogen-bond donors (Lipinski definition) is 3. The second-order valence-corrected chi connectivity index (χ2v) is 4.15. The number of aryl methyl sites for hydroxylation is 1. The largest absolute Gasteiger partial charge is 0.496 e. The predicted molar refractivity (Wildman–Crippen MR) is 72.7 cm³/mol. The number of hydrogen-bond acceptors (Lipinski definition) is 4. The summed E-state index contributed by atoms with van der Waals surface area (Å²) in [5.74, 6) is 0.502. The molecule has 1 aromatic carbocycles. The first kappa shape index (κ1) is 14.8. The van der Waals surface area contributed by atoms with Gasteiger partial charge in [-0.15, -0.1) is 0 Å². The van der Waals surface area contributed by atoms with E-state index in [1.54, 1.807) is 12.1 Å². The highest BCUT2D eigenvalue weighted by molar-refractivity contribution is 5.97. The van der Waals surface area contributed by atoms with Gasteiger partial charge in [0, 0.05) is 13.0 Å². The van der Waals surface area contributed by atoms with Crippen molar-refractivity contribution in [3.05, 3.63) is 29.3 Å². The number of amides is 1. The molecule has 0 atom stereocenters. The predicted octanol–water partition coefficient (Wildman–Crippen LogP) is 1.26. The third-order valence-corrected chi connectivity index (χ3v) is 2.62. The van der Waals surface area contributed by atoms with Crippen molar-refractivity contribution >= 4 is 11.7 Å². The van der Waals surface area contributed by atoms with Crippen LogP contribution in [0.25, 0.3) is 0 Å².